The summed E-state index contributed by atoms with van der Waals surface area (Å²) >= 11 is 6.66. The normalized spacial score (nSPS) is 11.6. The standard InChI is InChI=1S/C11H10Br2N2O/c1-2-3-9(14)11(16)15-10-5-4-7(12)6-8(10)13/h1,4-6,9H,3,14H2,(H,15,16). The first-order valence-electron chi connectivity index (χ1n) is 4.49. The predicted molar refractivity (Wildman–Crippen MR) is 71.9 cm³/mol. The number of terminal acetylenes is 1. The van der Waals surface area contributed by atoms with Crippen LogP contribution in [0.4, 0.5) is 5.69 Å². The van der Waals surface area contributed by atoms with Crippen molar-refractivity contribution < 1.29 is 4.79 Å². The van der Waals surface area contributed by atoms with E-state index in [1.54, 1.807) is 6.07 Å². The third-order valence-electron chi connectivity index (χ3n) is 1.86. The molecule has 16 heavy (non-hydrogen) atoms. The molecule has 1 aromatic rings. The molecule has 0 aromatic heterocycles. The molecule has 0 saturated heterocycles. The zero-order valence-electron chi connectivity index (χ0n) is 8.34. The maximum absolute atomic E-state index is 11.6. The molecule has 1 amide bonds. The SMILES string of the molecule is C#CCC(N)C(=O)Nc1ccc(Br)cc1Br. The van der Waals surface area contributed by atoms with Crippen LogP contribution >= 0.6 is 31.9 Å². The quantitative estimate of drug-likeness (QED) is 0.827. The van der Waals surface area contributed by atoms with Crippen LogP contribution in [0.2, 0.25) is 0 Å². The molecule has 5 heteroatoms. The van der Waals surface area contributed by atoms with E-state index in [0.29, 0.717) is 5.69 Å². The fourth-order valence-corrected chi connectivity index (χ4v) is 2.18. The van der Waals surface area contributed by atoms with Crippen LogP contribution in [-0.2, 0) is 4.79 Å². The second-order valence-electron chi connectivity index (χ2n) is 3.13. The van der Waals surface area contributed by atoms with E-state index in [2.05, 4.69) is 43.1 Å². The maximum Gasteiger partial charge on any atom is 0.242 e. The van der Waals surface area contributed by atoms with Gasteiger partial charge in [0.15, 0.2) is 0 Å². The molecule has 1 aromatic carbocycles. The minimum Gasteiger partial charge on any atom is -0.324 e. The number of carbonyl (C=O) groups is 1. The van der Waals surface area contributed by atoms with Gasteiger partial charge >= 0.3 is 0 Å². The molecule has 0 radical (unpaired) electrons. The van der Waals surface area contributed by atoms with Crippen LogP contribution in [-0.4, -0.2) is 11.9 Å². The predicted octanol–water partition coefficient (Wildman–Crippen LogP) is 2.50. The lowest BCUT2D eigenvalue weighted by Gasteiger charge is -2.11. The Balaban J connectivity index is 2.74. The first-order chi connectivity index (χ1) is 7.54. The maximum atomic E-state index is 11.6. The molecule has 1 unspecified atom stereocenters. The van der Waals surface area contributed by atoms with Crippen molar-refractivity contribution in [2.45, 2.75) is 12.5 Å². The molecule has 84 valence electrons. The van der Waals surface area contributed by atoms with Crippen LogP contribution in [0.3, 0.4) is 0 Å². The number of benzene rings is 1. The van der Waals surface area contributed by atoms with Crippen LogP contribution in [0, 0.1) is 12.3 Å². The van der Waals surface area contributed by atoms with Gasteiger partial charge in [0, 0.05) is 15.4 Å². The lowest BCUT2D eigenvalue weighted by molar-refractivity contribution is -0.117. The molecule has 0 spiro atoms. The smallest absolute Gasteiger partial charge is 0.242 e. The second kappa shape index (κ2) is 6.04. The van der Waals surface area contributed by atoms with Crippen LogP contribution in [0.1, 0.15) is 6.42 Å². The van der Waals surface area contributed by atoms with E-state index < -0.39 is 6.04 Å². The Kier molecular flexibility index (Phi) is 5.00. The molecule has 1 atom stereocenters. The molecular weight excluding hydrogens is 336 g/mol. The average molecular weight is 346 g/mol. The third kappa shape index (κ3) is 3.63. The number of anilines is 1. The summed E-state index contributed by atoms with van der Waals surface area (Å²) < 4.78 is 1.70. The van der Waals surface area contributed by atoms with Crippen LogP contribution in [0.5, 0.6) is 0 Å². The molecule has 0 aliphatic carbocycles. The fourth-order valence-electron chi connectivity index (χ4n) is 1.04. The Labute approximate surface area is 111 Å². The second-order valence-corrected chi connectivity index (χ2v) is 4.90. The van der Waals surface area contributed by atoms with Crippen molar-refractivity contribution in [3.05, 3.63) is 27.1 Å². The van der Waals surface area contributed by atoms with E-state index in [0.717, 1.165) is 8.95 Å². The molecule has 0 aliphatic rings. The summed E-state index contributed by atoms with van der Waals surface area (Å²) in [5.41, 5.74) is 6.24. The highest BCUT2D eigenvalue weighted by molar-refractivity contribution is 9.11. The van der Waals surface area contributed by atoms with E-state index >= 15 is 0 Å². The van der Waals surface area contributed by atoms with Crippen molar-refractivity contribution in [2.24, 2.45) is 5.73 Å². The number of nitrogens with one attached hydrogen (secondary N) is 1. The Morgan fingerprint density at radius 2 is 2.25 bits per heavy atom. The fraction of sp³-hybridized carbons (Fsp3) is 0.182. The van der Waals surface area contributed by atoms with Crippen LogP contribution < -0.4 is 11.1 Å². The molecule has 0 fully saturated rings. The minimum atomic E-state index is -0.680. The highest BCUT2D eigenvalue weighted by Gasteiger charge is 2.13. The van der Waals surface area contributed by atoms with Gasteiger partial charge in [0.05, 0.1) is 11.7 Å². The summed E-state index contributed by atoms with van der Waals surface area (Å²) in [4.78, 5) is 11.6. The lowest BCUT2D eigenvalue weighted by atomic mass is 10.2. The van der Waals surface area contributed by atoms with Gasteiger partial charge in [0.25, 0.3) is 0 Å². The zero-order chi connectivity index (χ0) is 12.1. The van der Waals surface area contributed by atoms with Gasteiger partial charge in [0.1, 0.15) is 0 Å². The van der Waals surface area contributed by atoms with E-state index in [-0.39, 0.29) is 12.3 Å². The van der Waals surface area contributed by atoms with Crippen LogP contribution in [0.15, 0.2) is 27.1 Å². The van der Waals surface area contributed by atoms with Gasteiger partial charge in [0.2, 0.25) is 5.91 Å². The largest absolute Gasteiger partial charge is 0.324 e. The number of halogens is 2. The summed E-state index contributed by atoms with van der Waals surface area (Å²) in [7, 11) is 0. The average Bonchev–Trinajstić information content (AvgIpc) is 2.22. The number of nitrogens with two attached hydrogens (primary N) is 1. The number of amides is 1. The molecule has 0 bridgehead atoms. The molecule has 0 heterocycles. The first kappa shape index (κ1) is 13.2. The monoisotopic (exact) mass is 344 g/mol. The third-order valence-corrected chi connectivity index (χ3v) is 3.01. The van der Waals surface area contributed by atoms with Gasteiger partial charge in [-0.2, -0.15) is 0 Å². The number of rotatable bonds is 3. The van der Waals surface area contributed by atoms with E-state index in [4.69, 9.17) is 12.2 Å². The summed E-state index contributed by atoms with van der Waals surface area (Å²) in [6, 6.07) is 4.75. The molecule has 0 saturated carbocycles. The van der Waals surface area contributed by atoms with Crippen molar-refractivity contribution in [3.8, 4) is 12.3 Å². The Hall–Kier alpha value is -0.830. The van der Waals surface area contributed by atoms with Crippen LogP contribution in [0.25, 0.3) is 0 Å². The van der Waals surface area contributed by atoms with E-state index in [9.17, 15) is 4.79 Å². The van der Waals surface area contributed by atoms with Gasteiger partial charge in [-0.15, -0.1) is 12.3 Å². The molecule has 0 aliphatic heterocycles. The van der Waals surface area contributed by atoms with Crippen molar-refractivity contribution in [1.29, 1.82) is 0 Å². The highest BCUT2D eigenvalue weighted by atomic mass is 79.9. The number of hydrogen-bond acceptors (Lipinski definition) is 2. The zero-order valence-corrected chi connectivity index (χ0v) is 11.5. The van der Waals surface area contributed by atoms with Gasteiger partial charge < -0.3 is 11.1 Å². The lowest BCUT2D eigenvalue weighted by Crippen LogP contribution is -2.35. The highest BCUT2D eigenvalue weighted by Crippen LogP contribution is 2.26. The number of carbonyl (C=O) groups excluding carboxylic acids is 1. The van der Waals surface area contributed by atoms with Crippen molar-refractivity contribution in [1.82, 2.24) is 0 Å². The summed E-state index contributed by atoms with van der Waals surface area (Å²) in [5.74, 6) is 2.06. The first-order valence-corrected chi connectivity index (χ1v) is 6.08. The topological polar surface area (TPSA) is 55.1 Å². The molecular formula is C11H10Br2N2O. The number of hydrogen-bond donors (Lipinski definition) is 2. The summed E-state index contributed by atoms with van der Waals surface area (Å²) in [6.45, 7) is 0. The van der Waals surface area contributed by atoms with Crippen molar-refractivity contribution in [3.63, 3.8) is 0 Å². The Morgan fingerprint density at radius 1 is 1.56 bits per heavy atom. The Bertz CT molecular complexity index is 440. The van der Waals surface area contributed by atoms with Crippen molar-refractivity contribution in [2.75, 3.05) is 5.32 Å². The van der Waals surface area contributed by atoms with Gasteiger partial charge in [-0.3, -0.25) is 4.79 Å². The molecule has 3 N–H and O–H groups in total. The summed E-state index contributed by atoms with van der Waals surface area (Å²) in [6.07, 6.45) is 5.31. The van der Waals surface area contributed by atoms with E-state index in [1.807, 2.05) is 12.1 Å². The minimum absolute atomic E-state index is 0.222. The molecule has 1 rings (SSSR count). The van der Waals surface area contributed by atoms with Gasteiger partial charge in [-0.25, -0.2) is 0 Å². The van der Waals surface area contributed by atoms with Gasteiger partial charge in [-0.1, -0.05) is 15.9 Å². The Morgan fingerprint density at radius 3 is 2.81 bits per heavy atom. The van der Waals surface area contributed by atoms with Crippen molar-refractivity contribution >= 4 is 43.5 Å². The van der Waals surface area contributed by atoms with Gasteiger partial charge in [-0.05, 0) is 34.1 Å². The summed E-state index contributed by atoms with van der Waals surface area (Å²) in [5, 5.41) is 2.69. The van der Waals surface area contributed by atoms with E-state index in [1.165, 1.54) is 0 Å². The molecule has 3 nitrogen and oxygen atoms in total.